The number of fused-ring (bicyclic) bond motifs is 1. The Bertz CT molecular complexity index is 551. The second-order valence-electron chi connectivity index (χ2n) is 5.92. The maximum Gasteiger partial charge on any atom is 0.00912 e. The molecule has 0 saturated heterocycles. The van der Waals surface area contributed by atoms with Gasteiger partial charge in [0, 0.05) is 12.0 Å². The second-order valence-corrected chi connectivity index (χ2v) is 5.92. The zero-order valence-electron chi connectivity index (χ0n) is 12.9. The van der Waals surface area contributed by atoms with Crippen LogP contribution in [0.5, 0.6) is 0 Å². The summed E-state index contributed by atoms with van der Waals surface area (Å²) in [6.07, 6.45) is 2.17. The van der Waals surface area contributed by atoms with Gasteiger partial charge in [0.2, 0.25) is 0 Å². The SMILES string of the molecule is CC[C@@](CN)(CCN(C)C)c1cccc2ccccc12. The Morgan fingerprint density at radius 1 is 1.05 bits per heavy atom. The van der Waals surface area contributed by atoms with E-state index in [0.717, 1.165) is 19.4 Å². The Kier molecular flexibility index (Phi) is 4.79. The van der Waals surface area contributed by atoms with Gasteiger partial charge in [-0.15, -0.1) is 0 Å². The van der Waals surface area contributed by atoms with Crippen LogP contribution < -0.4 is 5.73 Å². The van der Waals surface area contributed by atoms with Gasteiger partial charge in [0.1, 0.15) is 0 Å². The highest BCUT2D eigenvalue weighted by atomic mass is 15.0. The summed E-state index contributed by atoms with van der Waals surface area (Å²) in [5, 5.41) is 2.65. The number of nitrogens with zero attached hydrogens (tertiary/aromatic N) is 1. The van der Waals surface area contributed by atoms with Gasteiger partial charge in [-0.25, -0.2) is 0 Å². The highest BCUT2D eigenvalue weighted by molar-refractivity contribution is 5.86. The van der Waals surface area contributed by atoms with E-state index < -0.39 is 0 Å². The highest BCUT2D eigenvalue weighted by Crippen LogP contribution is 2.35. The van der Waals surface area contributed by atoms with Crippen molar-refractivity contribution in [3.05, 3.63) is 48.0 Å². The van der Waals surface area contributed by atoms with Crippen LogP contribution in [0.1, 0.15) is 25.3 Å². The number of hydrogen-bond donors (Lipinski definition) is 1. The number of nitrogens with two attached hydrogens (primary N) is 1. The molecule has 2 aromatic carbocycles. The van der Waals surface area contributed by atoms with E-state index in [2.05, 4.69) is 68.4 Å². The standard InChI is InChI=1S/C18H26N2/c1-4-18(14-19,12-13-20(2)3)17-11-7-9-15-8-5-6-10-16(15)17/h5-11H,4,12-14,19H2,1-3H3/t18-/m0/s1. The van der Waals surface area contributed by atoms with Crippen molar-refractivity contribution in [2.45, 2.75) is 25.2 Å². The fourth-order valence-electron chi connectivity index (χ4n) is 2.98. The molecule has 0 aromatic heterocycles. The summed E-state index contributed by atoms with van der Waals surface area (Å²) in [4.78, 5) is 2.24. The average Bonchev–Trinajstić information content (AvgIpc) is 2.48. The minimum Gasteiger partial charge on any atom is -0.330 e. The van der Waals surface area contributed by atoms with Gasteiger partial charge in [0.05, 0.1) is 0 Å². The predicted molar refractivity (Wildman–Crippen MR) is 88.1 cm³/mol. The minimum absolute atomic E-state index is 0.0745. The van der Waals surface area contributed by atoms with Crippen LogP contribution in [-0.4, -0.2) is 32.1 Å². The Morgan fingerprint density at radius 2 is 1.75 bits per heavy atom. The molecular formula is C18H26N2. The first kappa shape index (κ1) is 15.0. The van der Waals surface area contributed by atoms with Crippen molar-refractivity contribution in [2.75, 3.05) is 27.2 Å². The predicted octanol–water partition coefficient (Wildman–Crippen LogP) is 3.40. The number of hydrogen-bond acceptors (Lipinski definition) is 2. The van der Waals surface area contributed by atoms with Crippen LogP contribution >= 0.6 is 0 Å². The van der Waals surface area contributed by atoms with Crippen LogP contribution in [0, 0.1) is 0 Å². The molecule has 2 N–H and O–H groups in total. The Balaban J connectivity index is 2.51. The second kappa shape index (κ2) is 6.38. The van der Waals surface area contributed by atoms with E-state index in [1.54, 1.807) is 0 Å². The molecular weight excluding hydrogens is 244 g/mol. The van der Waals surface area contributed by atoms with Crippen molar-refractivity contribution >= 4 is 10.8 Å². The molecule has 2 aromatic rings. The summed E-state index contributed by atoms with van der Waals surface area (Å²) in [6.45, 7) is 4.02. The Morgan fingerprint density at radius 3 is 2.40 bits per heavy atom. The summed E-state index contributed by atoms with van der Waals surface area (Å²) in [5.74, 6) is 0. The lowest BCUT2D eigenvalue weighted by Gasteiger charge is -2.34. The molecule has 108 valence electrons. The molecule has 0 spiro atoms. The molecule has 0 bridgehead atoms. The first-order valence-corrected chi connectivity index (χ1v) is 7.46. The maximum atomic E-state index is 6.21. The van der Waals surface area contributed by atoms with Crippen LogP contribution in [-0.2, 0) is 5.41 Å². The van der Waals surface area contributed by atoms with E-state index in [9.17, 15) is 0 Å². The first-order chi connectivity index (χ1) is 9.63. The van der Waals surface area contributed by atoms with Crippen molar-refractivity contribution in [3.8, 4) is 0 Å². The third-order valence-corrected chi connectivity index (χ3v) is 4.47. The minimum atomic E-state index is 0.0745. The average molecular weight is 270 g/mol. The largest absolute Gasteiger partial charge is 0.330 e. The summed E-state index contributed by atoms with van der Waals surface area (Å²) < 4.78 is 0. The van der Waals surface area contributed by atoms with Gasteiger partial charge in [-0.3, -0.25) is 0 Å². The fraction of sp³-hybridized carbons (Fsp3) is 0.444. The van der Waals surface area contributed by atoms with Crippen LogP contribution in [0.15, 0.2) is 42.5 Å². The maximum absolute atomic E-state index is 6.21. The first-order valence-electron chi connectivity index (χ1n) is 7.46. The molecule has 0 amide bonds. The Hall–Kier alpha value is -1.38. The molecule has 0 aliphatic carbocycles. The normalized spacial score (nSPS) is 14.7. The summed E-state index contributed by atoms with van der Waals surface area (Å²) in [6, 6.07) is 15.2. The molecule has 0 fully saturated rings. The van der Waals surface area contributed by atoms with Gasteiger partial charge in [-0.1, -0.05) is 49.4 Å². The number of benzene rings is 2. The van der Waals surface area contributed by atoms with Crippen LogP contribution in [0.3, 0.4) is 0 Å². The van der Waals surface area contributed by atoms with Gasteiger partial charge in [-0.05, 0) is 49.8 Å². The van der Waals surface area contributed by atoms with Crippen molar-refractivity contribution in [3.63, 3.8) is 0 Å². The van der Waals surface area contributed by atoms with Gasteiger partial charge < -0.3 is 10.6 Å². The van der Waals surface area contributed by atoms with Crippen molar-refractivity contribution in [2.24, 2.45) is 5.73 Å². The topological polar surface area (TPSA) is 29.3 Å². The molecule has 0 unspecified atom stereocenters. The molecule has 2 nitrogen and oxygen atoms in total. The molecule has 2 heteroatoms. The van der Waals surface area contributed by atoms with Crippen molar-refractivity contribution in [1.29, 1.82) is 0 Å². The van der Waals surface area contributed by atoms with Gasteiger partial charge in [-0.2, -0.15) is 0 Å². The van der Waals surface area contributed by atoms with E-state index in [1.807, 2.05) is 0 Å². The smallest absolute Gasteiger partial charge is 0.00912 e. The van der Waals surface area contributed by atoms with E-state index in [-0.39, 0.29) is 5.41 Å². The zero-order valence-corrected chi connectivity index (χ0v) is 12.9. The molecule has 0 aliphatic rings. The quantitative estimate of drug-likeness (QED) is 0.871. The Labute approximate surface area is 122 Å². The summed E-state index contributed by atoms with van der Waals surface area (Å²) >= 11 is 0. The molecule has 1 atom stereocenters. The third-order valence-electron chi connectivity index (χ3n) is 4.47. The van der Waals surface area contributed by atoms with Crippen molar-refractivity contribution in [1.82, 2.24) is 4.90 Å². The van der Waals surface area contributed by atoms with Crippen LogP contribution in [0.25, 0.3) is 10.8 Å². The molecule has 2 rings (SSSR count). The number of rotatable bonds is 6. The van der Waals surface area contributed by atoms with Crippen LogP contribution in [0.2, 0.25) is 0 Å². The lowest BCUT2D eigenvalue weighted by atomic mass is 9.73. The van der Waals surface area contributed by atoms with E-state index in [1.165, 1.54) is 16.3 Å². The monoisotopic (exact) mass is 270 g/mol. The van der Waals surface area contributed by atoms with E-state index in [0.29, 0.717) is 6.54 Å². The van der Waals surface area contributed by atoms with E-state index in [4.69, 9.17) is 5.73 Å². The summed E-state index contributed by atoms with van der Waals surface area (Å²) in [7, 11) is 4.25. The molecule has 0 saturated carbocycles. The van der Waals surface area contributed by atoms with Crippen LogP contribution in [0.4, 0.5) is 0 Å². The van der Waals surface area contributed by atoms with Gasteiger partial charge >= 0.3 is 0 Å². The molecule has 20 heavy (non-hydrogen) atoms. The van der Waals surface area contributed by atoms with Gasteiger partial charge in [0.25, 0.3) is 0 Å². The van der Waals surface area contributed by atoms with Gasteiger partial charge in [0.15, 0.2) is 0 Å². The molecule has 0 heterocycles. The molecule has 0 aliphatic heterocycles. The zero-order chi connectivity index (χ0) is 14.6. The summed E-state index contributed by atoms with van der Waals surface area (Å²) in [5.41, 5.74) is 7.69. The lowest BCUT2D eigenvalue weighted by Crippen LogP contribution is -2.37. The highest BCUT2D eigenvalue weighted by Gasteiger charge is 2.30. The van der Waals surface area contributed by atoms with Crippen molar-refractivity contribution < 1.29 is 0 Å². The molecule has 0 radical (unpaired) electrons. The fourth-order valence-corrected chi connectivity index (χ4v) is 2.98. The lowest BCUT2D eigenvalue weighted by molar-refractivity contribution is 0.311. The van der Waals surface area contributed by atoms with E-state index >= 15 is 0 Å². The third kappa shape index (κ3) is 2.87.